The second-order valence-electron chi connectivity index (χ2n) is 7.55. The van der Waals surface area contributed by atoms with Gasteiger partial charge in [0.1, 0.15) is 0 Å². The first-order valence-electron chi connectivity index (χ1n) is 10.3. The van der Waals surface area contributed by atoms with Gasteiger partial charge in [0.2, 0.25) is 0 Å². The molecular formula is C29H23N. The fourth-order valence-corrected chi connectivity index (χ4v) is 4.01. The fourth-order valence-electron chi connectivity index (χ4n) is 4.01. The average molecular weight is 386 g/mol. The third-order valence-corrected chi connectivity index (χ3v) is 5.70. The summed E-state index contributed by atoms with van der Waals surface area (Å²) in [5, 5.41) is 2.53. The molecule has 5 rings (SSSR count). The number of hydrogen-bond acceptors (Lipinski definition) is 1. The van der Waals surface area contributed by atoms with Crippen LogP contribution in [0.25, 0.3) is 33.0 Å². The van der Waals surface area contributed by atoms with Crippen molar-refractivity contribution in [2.75, 3.05) is 11.9 Å². The highest BCUT2D eigenvalue weighted by Gasteiger charge is 2.08. The van der Waals surface area contributed by atoms with Crippen LogP contribution in [0, 0.1) is 0 Å². The molecule has 0 heterocycles. The van der Waals surface area contributed by atoms with E-state index in [2.05, 4.69) is 133 Å². The molecule has 1 nitrogen and oxygen atoms in total. The van der Waals surface area contributed by atoms with E-state index in [0.717, 1.165) is 0 Å². The van der Waals surface area contributed by atoms with Crippen molar-refractivity contribution in [3.63, 3.8) is 0 Å². The van der Waals surface area contributed by atoms with Crippen LogP contribution >= 0.6 is 0 Å². The molecule has 5 aromatic carbocycles. The van der Waals surface area contributed by atoms with Gasteiger partial charge in [-0.2, -0.15) is 0 Å². The van der Waals surface area contributed by atoms with Crippen LogP contribution in [0.2, 0.25) is 0 Å². The van der Waals surface area contributed by atoms with Gasteiger partial charge in [-0.05, 0) is 57.3 Å². The van der Waals surface area contributed by atoms with E-state index in [-0.39, 0.29) is 0 Å². The zero-order valence-corrected chi connectivity index (χ0v) is 17.0. The third kappa shape index (κ3) is 3.46. The molecule has 0 bridgehead atoms. The van der Waals surface area contributed by atoms with Crippen LogP contribution in [0.1, 0.15) is 0 Å². The normalized spacial score (nSPS) is 10.8. The second-order valence-corrected chi connectivity index (χ2v) is 7.55. The smallest absolute Gasteiger partial charge is 0.0414 e. The Balaban J connectivity index is 1.47. The van der Waals surface area contributed by atoms with Gasteiger partial charge in [0.15, 0.2) is 0 Å². The van der Waals surface area contributed by atoms with E-state index in [1.165, 1.54) is 44.4 Å². The maximum Gasteiger partial charge on any atom is 0.0414 e. The van der Waals surface area contributed by atoms with Gasteiger partial charge in [0.25, 0.3) is 0 Å². The zero-order chi connectivity index (χ0) is 20.3. The fraction of sp³-hybridized carbons (Fsp3) is 0.0345. The Bertz CT molecular complexity index is 1270. The minimum Gasteiger partial charge on any atom is -0.345 e. The summed E-state index contributed by atoms with van der Waals surface area (Å²) in [5.74, 6) is 0. The first-order chi connectivity index (χ1) is 14.8. The summed E-state index contributed by atoms with van der Waals surface area (Å²) in [7, 11) is 2.12. The maximum absolute atomic E-state index is 2.27. The molecule has 1 heteroatoms. The Morgan fingerprint density at radius 2 is 1.07 bits per heavy atom. The number of rotatable bonds is 4. The monoisotopic (exact) mass is 385 g/mol. The topological polar surface area (TPSA) is 3.24 Å². The van der Waals surface area contributed by atoms with Crippen LogP contribution in [-0.4, -0.2) is 7.05 Å². The number of anilines is 2. The molecule has 0 unspecified atom stereocenters. The van der Waals surface area contributed by atoms with Crippen LogP contribution < -0.4 is 4.90 Å². The molecule has 144 valence electrons. The Morgan fingerprint density at radius 1 is 0.467 bits per heavy atom. The molecule has 5 aromatic rings. The lowest BCUT2D eigenvalue weighted by Crippen LogP contribution is -2.09. The van der Waals surface area contributed by atoms with E-state index in [0.29, 0.717) is 0 Å². The van der Waals surface area contributed by atoms with Crippen molar-refractivity contribution in [3.05, 3.63) is 121 Å². The van der Waals surface area contributed by atoms with Gasteiger partial charge in [-0.3, -0.25) is 0 Å². The van der Waals surface area contributed by atoms with Crippen molar-refractivity contribution in [2.24, 2.45) is 0 Å². The SMILES string of the molecule is CN(c1ccc(-c2ccccc2)cc1)c1ccc2c(-c3ccccc3)cccc2c1. The van der Waals surface area contributed by atoms with Crippen LogP contribution in [0.15, 0.2) is 121 Å². The van der Waals surface area contributed by atoms with Crippen molar-refractivity contribution < 1.29 is 0 Å². The summed E-state index contributed by atoms with van der Waals surface area (Å²) < 4.78 is 0. The molecule has 0 aliphatic heterocycles. The van der Waals surface area contributed by atoms with Gasteiger partial charge in [-0.15, -0.1) is 0 Å². The predicted molar refractivity (Wildman–Crippen MR) is 129 cm³/mol. The van der Waals surface area contributed by atoms with Crippen molar-refractivity contribution in [3.8, 4) is 22.3 Å². The van der Waals surface area contributed by atoms with Crippen molar-refractivity contribution >= 4 is 22.1 Å². The largest absolute Gasteiger partial charge is 0.345 e. The molecule has 0 fully saturated rings. The first kappa shape index (κ1) is 18.2. The van der Waals surface area contributed by atoms with E-state index in [1.807, 2.05) is 0 Å². The average Bonchev–Trinajstić information content (AvgIpc) is 2.84. The maximum atomic E-state index is 2.27. The van der Waals surface area contributed by atoms with E-state index in [4.69, 9.17) is 0 Å². The third-order valence-electron chi connectivity index (χ3n) is 5.70. The van der Waals surface area contributed by atoms with Gasteiger partial charge in [-0.1, -0.05) is 97.1 Å². The highest BCUT2D eigenvalue weighted by molar-refractivity contribution is 5.98. The van der Waals surface area contributed by atoms with Crippen LogP contribution in [0.3, 0.4) is 0 Å². The molecule has 0 atom stereocenters. The van der Waals surface area contributed by atoms with E-state index < -0.39 is 0 Å². The lowest BCUT2D eigenvalue weighted by molar-refractivity contribution is 1.21. The quantitative estimate of drug-likeness (QED) is 0.303. The summed E-state index contributed by atoms with van der Waals surface area (Å²) in [6.45, 7) is 0. The highest BCUT2D eigenvalue weighted by atomic mass is 15.1. The molecule has 0 aliphatic rings. The van der Waals surface area contributed by atoms with Gasteiger partial charge in [0, 0.05) is 18.4 Å². The summed E-state index contributed by atoms with van der Waals surface area (Å²) >= 11 is 0. The predicted octanol–water partition coefficient (Wildman–Crippen LogP) is 7.94. The van der Waals surface area contributed by atoms with Gasteiger partial charge < -0.3 is 4.90 Å². The molecular weight excluding hydrogens is 362 g/mol. The van der Waals surface area contributed by atoms with E-state index in [1.54, 1.807) is 0 Å². The van der Waals surface area contributed by atoms with Crippen LogP contribution in [0.5, 0.6) is 0 Å². The van der Waals surface area contributed by atoms with Crippen LogP contribution in [0.4, 0.5) is 11.4 Å². The lowest BCUT2D eigenvalue weighted by Gasteiger charge is -2.21. The van der Waals surface area contributed by atoms with Gasteiger partial charge >= 0.3 is 0 Å². The van der Waals surface area contributed by atoms with Crippen molar-refractivity contribution in [1.29, 1.82) is 0 Å². The molecule has 0 radical (unpaired) electrons. The summed E-state index contributed by atoms with van der Waals surface area (Å²) in [4.78, 5) is 2.24. The molecule has 0 aliphatic carbocycles. The minimum atomic E-state index is 1.17. The Kier molecular flexibility index (Phi) is 4.78. The molecule has 0 N–H and O–H groups in total. The number of nitrogens with zero attached hydrogens (tertiary/aromatic N) is 1. The minimum absolute atomic E-state index is 1.17. The summed E-state index contributed by atoms with van der Waals surface area (Å²) in [6, 6.07) is 43.1. The van der Waals surface area contributed by atoms with Crippen molar-refractivity contribution in [2.45, 2.75) is 0 Å². The van der Waals surface area contributed by atoms with Gasteiger partial charge in [-0.25, -0.2) is 0 Å². The molecule has 0 saturated carbocycles. The molecule has 0 saturated heterocycles. The van der Waals surface area contributed by atoms with Gasteiger partial charge in [0.05, 0.1) is 0 Å². The Labute approximate surface area is 177 Å². The Hall–Kier alpha value is -3.84. The molecule has 0 aromatic heterocycles. The second kappa shape index (κ2) is 7.88. The van der Waals surface area contributed by atoms with E-state index in [9.17, 15) is 0 Å². The summed E-state index contributed by atoms with van der Waals surface area (Å²) in [5.41, 5.74) is 7.35. The van der Waals surface area contributed by atoms with Crippen LogP contribution in [-0.2, 0) is 0 Å². The standard InChI is InChI=1S/C29H23N/c1-30(26-17-15-23(16-18-26)22-9-4-2-5-10-22)27-19-20-29-25(21-27)13-8-14-28(29)24-11-6-3-7-12-24/h2-21H,1H3. The Morgan fingerprint density at radius 3 is 1.77 bits per heavy atom. The lowest BCUT2D eigenvalue weighted by atomic mass is 9.98. The highest BCUT2D eigenvalue weighted by Crippen LogP contribution is 2.33. The van der Waals surface area contributed by atoms with E-state index >= 15 is 0 Å². The number of fused-ring (bicyclic) bond motifs is 1. The molecule has 0 spiro atoms. The zero-order valence-electron chi connectivity index (χ0n) is 17.0. The molecule has 30 heavy (non-hydrogen) atoms. The number of hydrogen-bond donors (Lipinski definition) is 0. The first-order valence-corrected chi connectivity index (χ1v) is 10.3. The molecule has 0 amide bonds. The number of benzene rings is 5. The van der Waals surface area contributed by atoms with Crippen molar-refractivity contribution in [1.82, 2.24) is 0 Å². The summed E-state index contributed by atoms with van der Waals surface area (Å²) in [6.07, 6.45) is 0.